The number of anilines is 1. The Morgan fingerprint density at radius 2 is 1.70 bits per heavy atom. The summed E-state index contributed by atoms with van der Waals surface area (Å²) in [6.45, 7) is 10.3. The third-order valence-electron chi connectivity index (χ3n) is 4.17. The van der Waals surface area contributed by atoms with Gasteiger partial charge < -0.3 is 5.32 Å². The first kappa shape index (κ1) is 19.6. The van der Waals surface area contributed by atoms with E-state index in [0.29, 0.717) is 18.8 Å². The fraction of sp³-hybridized carbons (Fsp3) is 0.588. The van der Waals surface area contributed by atoms with Gasteiger partial charge in [0.1, 0.15) is 0 Å². The molecule has 0 spiro atoms. The molecule has 0 radical (unpaired) electrons. The zero-order valence-corrected chi connectivity index (χ0v) is 15.5. The van der Waals surface area contributed by atoms with Crippen molar-refractivity contribution in [2.45, 2.75) is 52.4 Å². The van der Waals surface area contributed by atoms with Crippen LogP contribution < -0.4 is 5.32 Å². The molecule has 0 heterocycles. The molecule has 0 unspecified atom stereocenters. The van der Waals surface area contributed by atoms with Crippen LogP contribution in [-0.4, -0.2) is 31.7 Å². The van der Waals surface area contributed by atoms with Crippen LogP contribution in [0.15, 0.2) is 23.1 Å². The average Bonchev–Trinajstić information content (AvgIpc) is 2.51. The third-order valence-corrected chi connectivity index (χ3v) is 6.21. The SMILES string of the molecule is CCC(CC)C(=O)Nc1cc(S(=O)(=O)N(CC)CC)ccc1C. The van der Waals surface area contributed by atoms with Crippen molar-refractivity contribution in [1.29, 1.82) is 0 Å². The van der Waals surface area contributed by atoms with Crippen LogP contribution in [0.4, 0.5) is 5.69 Å². The molecule has 1 rings (SSSR count). The van der Waals surface area contributed by atoms with Gasteiger partial charge >= 0.3 is 0 Å². The molecule has 0 atom stereocenters. The van der Waals surface area contributed by atoms with Gasteiger partial charge in [-0.3, -0.25) is 4.79 Å². The van der Waals surface area contributed by atoms with Crippen LogP contribution in [0.5, 0.6) is 0 Å². The fourth-order valence-corrected chi connectivity index (χ4v) is 3.99. The number of aryl methyl sites for hydroxylation is 1. The van der Waals surface area contributed by atoms with Crippen LogP contribution in [0.2, 0.25) is 0 Å². The van der Waals surface area contributed by atoms with Crippen LogP contribution in [0.1, 0.15) is 46.1 Å². The van der Waals surface area contributed by atoms with Gasteiger partial charge in [0.25, 0.3) is 0 Å². The molecule has 130 valence electrons. The minimum absolute atomic E-state index is 0.0579. The van der Waals surface area contributed by atoms with Crippen LogP contribution in [0.25, 0.3) is 0 Å². The molecule has 23 heavy (non-hydrogen) atoms. The molecule has 1 amide bonds. The first-order chi connectivity index (χ1) is 10.8. The van der Waals surface area contributed by atoms with E-state index in [4.69, 9.17) is 0 Å². The van der Waals surface area contributed by atoms with Crippen molar-refractivity contribution < 1.29 is 13.2 Å². The first-order valence-corrected chi connectivity index (χ1v) is 9.67. The van der Waals surface area contributed by atoms with Gasteiger partial charge in [-0.25, -0.2) is 8.42 Å². The van der Waals surface area contributed by atoms with Crippen molar-refractivity contribution in [2.75, 3.05) is 18.4 Å². The second-order valence-electron chi connectivity index (χ2n) is 5.57. The van der Waals surface area contributed by atoms with Crippen LogP contribution in [-0.2, 0) is 14.8 Å². The molecular formula is C17H28N2O3S. The smallest absolute Gasteiger partial charge is 0.243 e. The molecule has 1 N–H and O–H groups in total. The lowest BCUT2D eigenvalue weighted by Gasteiger charge is -2.20. The monoisotopic (exact) mass is 340 g/mol. The van der Waals surface area contributed by atoms with Gasteiger partial charge in [0.2, 0.25) is 15.9 Å². The van der Waals surface area contributed by atoms with Gasteiger partial charge in [-0.2, -0.15) is 4.31 Å². The highest BCUT2D eigenvalue weighted by Crippen LogP contribution is 2.24. The normalized spacial score (nSPS) is 12.0. The molecule has 1 aromatic rings. The van der Waals surface area contributed by atoms with E-state index in [9.17, 15) is 13.2 Å². The van der Waals surface area contributed by atoms with E-state index in [1.165, 1.54) is 4.31 Å². The molecule has 0 aliphatic rings. The van der Waals surface area contributed by atoms with E-state index in [0.717, 1.165) is 18.4 Å². The van der Waals surface area contributed by atoms with Crippen LogP contribution in [0.3, 0.4) is 0 Å². The molecule has 0 aliphatic carbocycles. The summed E-state index contributed by atoms with van der Waals surface area (Å²) in [4.78, 5) is 12.5. The van der Waals surface area contributed by atoms with E-state index in [1.54, 1.807) is 18.2 Å². The molecule has 0 bridgehead atoms. The second-order valence-corrected chi connectivity index (χ2v) is 7.51. The number of carbonyl (C=O) groups is 1. The lowest BCUT2D eigenvalue weighted by atomic mass is 10.0. The number of rotatable bonds is 8. The van der Waals surface area contributed by atoms with E-state index >= 15 is 0 Å². The Labute approximate surface area is 140 Å². The van der Waals surface area contributed by atoms with E-state index in [1.807, 2.05) is 34.6 Å². The Kier molecular flexibility index (Phi) is 7.22. The molecular weight excluding hydrogens is 312 g/mol. The summed E-state index contributed by atoms with van der Waals surface area (Å²) in [5, 5.41) is 2.88. The maximum absolute atomic E-state index is 12.6. The molecule has 0 fully saturated rings. The average molecular weight is 340 g/mol. The molecule has 0 saturated heterocycles. The highest BCUT2D eigenvalue weighted by atomic mass is 32.2. The van der Waals surface area contributed by atoms with Crippen molar-refractivity contribution in [3.8, 4) is 0 Å². The van der Waals surface area contributed by atoms with Crippen molar-refractivity contribution in [2.24, 2.45) is 5.92 Å². The summed E-state index contributed by atoms with van der Waals surface area (Å²) < 4.78 is 26.6. The van der Waals surface area contributed by atoms with Crippen molar-refractivity contribution in [1.82, 2.24) is 4.31 Å². The Morgan fingerprint density at radius 3 is 2.17 bits per heavy atom. The predicted molar refractivity (Wildman–Crippen MR) is 94.0 cm³/mol. The topological polar surface area (TPSA) is 66.5 Å². The van der Waals surface area contributed by atoms with Gasteiger partial charge in [0.05, 0.1) is 4.90 Å². The second kappa shape index (κ2) is 8.45. The van der Waals surface area contributed by atoms with Gasteiger partial charge in [0.15, 0.2) is 0 Å². The Morgan fingerprint density at radius 1 is 1.13 bits per heavy atom. The molecule has 5 nitrogen and oxygen atoms in total. The van der Waals surface area contributed by atoms with Crippen molar-refractivity contribution >= 4 is 21.6 Å². The van der Waals surface area contributed by atoms with Crippen LogP contribution >= 0.6 is 0 Å². The number of carbonyl (C=O) groups excluding carboxylic acids is 1. The number of sulfonamides is 1. The van der Waals surface area contributed by atoms with Gasteiger partial charge in [-0.15, -0.1) is 0 Å². The summed E-state index contributed by atoms with van der Waals surface area (Å²) in [6.07, 6.45) is 1.53. The van der Waals surface area contributed by atoms with E-state index < -0.39 is 10.0 Å². The summed E-state index contributed by atoms with van der Waals surface area (Å²) >= 11 is 0. The van der Waals surface area contributed by atoms with Crippen LogP contribution in [0, 0.1) is 12.8 Å². The number of amides is 1. The minimum atomic E-state index is -3.53. The minimum Gasteiger partial charge on any atom is -0.326 e. The Balaban J connectivity index is 3.16. The van der Waals surface area contributed by atoms with E-state index in [2.05, 4.69) is 5.32 Å². The fourth-order valence-electron chi connectivity index (χ4n) is 2.50. The third kappa shape index (κ3) is 4.54. The Bertz CT molecular complexity index is 633. The lowest BCUT2D eigenvalue weighted by molar-refractivity contribution is -0.120. The van der Waals surface area contributed by atoms with Crippen molar-refractivity contribution in [3.63, 3.8) is 0 Å². The molecule has 1 aromatic carbocycles. The van der Waals surface area contributed by atoms with Gasteiger partial charge in [-0.05, 0) is 37.5 Å². The van der Waals surface area contributed by atoms with Gasteiger partial charge in [0, 0.05) is 24.7 Å². The molecule has 6 heteroatoms. The maximum atomic E-state index is 12.6. The van der Waals surface area contributed by atoms with Gasteiger partial charge in [-0.1, -0.05) is 33.8 Å². The number of benzene rings is 1. The number of hydrogen-bond donors (Lipinski definition) is 1. The van der Waals surface area contributed by atoms with E-state index in [-0.39, 0.29) is 16.7 Å². The lowest BCUT2D eigenvalue weighted by Crippen LogP contribution is -2.30. The molecule has 0 aliphatic heterocycles. The zero-order valence-electron chi connectivity index (χ0n) is 14.7. The van der Waals surface area contributed by atoms with Crippen molar-refractivity contribution in [3.05, 3.63) is 23.8 Å². The maximum Gasteiger partial charge on any atom is 0.243 e. The molecule has 0 aromatic heterocycles. The summed E-state index contributed by atoms with van der Waals surface area (Å²) in [6, 6.07) is 4.89. The Hall–Kier alpha value is -1.40. The molecule has 0 saturated carbocycles. The number of hydrogen-bond acceptors (Lipinski definition) is 3. The summed E-state index contributed by atoms with van der Waals surface area (Å²) in [5.74, 6) is -0.118. The predicted octanol–water partition coefficient (Wildman–Crippen LogP) is 3.40. The first-order valence-electron chi connectivity index (χ1n) is 8.23. The highest BCUT2D eigenvalue weighted by molar-refractivity contribution is 7.89. The largest absolute Gasteiger partial charge is 0.326 e. The number of nitrogens with one attached hydrogen (secondary N) is 1. The zero-order chi connectivity index (χ0) is 17.6. The standard InChI is InChI=1S/C17H28N2O3S/c1-6-14(7-2)17(20)18-16-12-15(11-10-13(16)5)23(21,22)19(8-3)9-4/h10-12,14H,6-9H2,1-5H3,(H,18,20). The summed E-state index contributed by atoms with van der Waals surface area (Å²) in [7, 11) is -3.53. The highest BCUT2D eigenvalue weighted by Gasteiger charge is 2.23. The number of nitrogens with zero attached hydrogens (tertiary/aromatic N) is 1. The quantitative estimate of drug-likeness (QED) is 0.789. The summed E-state index contributed by atoms with van der Waals surface area (Å²) in [5.41, 5.74) is 1.41.